The Kier molecular flexibility index (Phi) is 2.44. The van der Waals surface area contributed by atoms with Crippen LogP contribution in [0.2, 0.25) is 5.02 Å². The van der Waals surface area contributed by atoms with E-state index in [-0.39, 0.29) is 0 Å². The summed E-state index contributed by atoms with van der Waals surface area (Å²) in [6.45, 7) is 0.775. The van der Waals surface area contributed by atoms with Crippen molar-refractivity contribution in [2.45, 2.75) is 6.54 Å². The van der Waals surface area contributed by atoms with Crippen LogP contribution in [0.15, 0.2) is 18.2 Å². The Morgan fingerprint density at radius 1 is 1.50 bits per heavy atom. The smallest absolute Gasteiger partial charge is 0.0941 e. The lowest BCUT2D eigenvalue weighted by Crippen LogP contribution is -2.09. The average molecular weight is 210 g/mol. The van der Waals surface area contributed by atoms with E-state index >= 15 is 0 Å². The summed E-state index contributed by atoms with van der Waals surface area (Å²) in [5, 5.41) is 9.31. The van der Waals surface area contributed by atoms with Gasteiger partial charge in [0.2, 0.25) is 0 Å². The van der Waals surface area contributed by atoms with E-state index in [4.69, 9.17) is 11.6 Å². The van der Waals surface area contributed by atoms with Crippen LogP contribution in [0, 0.1) is 0 Å². The van der Waals surface area contributed by atoms with Crippen molar-refractivity contribution in [3.63, 3.8) is 0 Å². The van der Waals surface area contributed by atoms with Gasteiger partial charge in [-0.3, -0.25) is 4.68 Å². The Bertz CT molecular complexity index is 462. The van der Waals surface area contributed by atoms with E-state index in [2.05, 4.69) is 10.4 Å². The van der Waals surface area contributed by atoms with Crippen molar-refractivity contribution in [3.8, 4) is 0 Å². The van der Waals surface area contributed by atoms with Crippen LogP contribution in [-0.4, -0.2) is 16.8 Å². The van der Waals surface area contributed by atoms with Gasteiger partial charge >= 0.3 is 0 Å². The minimum Gasteiger partial charge on any atom is -0.314 e. The molecule has 74 valence electrons. The first-order valence-corrected chi connectivity index (χ1v) is 4.86. The Morgan fingerprint density at radius 2 is 2.29 bits per heavy atom. The first-order chi connectivity index (χ1) is 6.74. The van der Waals surface area contributed by atoms with Gasteiger partial charge in [0.05, 0.1) is 16.2 Å². The Hall–Kier alpha value is -1.06. The molecule has 4 heteroatoms. The van der Waals surface area contributed by atoms with Crippen LogP contribution in [0.25, 0.3) is 10.9 Å². The van der Waals surface area contributed by atoms with Crippen molar-refractivity contribution in [3.05, 3.63) is 28.9 Å². The van der Waals surface area contributed by atoms with Crippen LogP contribution in [0.4, 0.5) is 0 Å². The first-order valence-electron chi connectivity index (χ1n) is 4.48. The fourth-order valence-electron chi connectivity index (χ4n) is 1.64. The minimum absolute atomic E-state index is 0.765. The summed E-state index contributed by atoms with van der Waals surface area (Å²) in [6.07, 6.45) is 0. The molecule has 0 unspecified atom stereocenters. The third-order valence-electron chi connectivity index (χ3n) is 2.27. The number of hydrogen-bond donors (Lipinski definition) is 1. The zero-order valence-electron chi connectivity index (χ0n) is 8.21. The van der Waals surface area contributed by atoms with E-state index in [1.54, 1.807) is 0 Å². The second-order valence-electron chi connectivity index (χ2n) is 3.23. The fraction of sp³-hybridized carbons (Fsp3) is 0.300. The third kappa shape index (κ3) is 1.38. The second-order valence-corrected chi connectivity index (χ2v) is 3.64. The van der Waals surface area contributed by atoms with Crippen molar-refractivity contribution >= 4 is 22.5 Å². The highest BCUT2D eigenvalue weighted by atomic mass is 35.5. The van der Waals surface area contributed by atoms with Gasteiger partial charge in [0.1, 0.15) is 0 Å². The molecule has 0 atom stereocenters. The van der Waals surface area contributed by atoms with Gasteiger partial charge in [-0.2, -0.15) is 5.10 Å². The van der Waals surface area contributed by atoms with E-state index in [1.165, 1.54) is 0 Å². The number of aryl methyl sites for hydroxylation is 1. The van der Waals surface area contributed by atoms with Gasteiger partial charge in [-0.1, -0.05) is 17.7 Å². The molecule has 0 bridgehead atoms. The van der Waals surface area contributed by atoms with Crippen molar-refractivity contribution < 1.29 is 0 Å². The SMILES string of the molecule is CNCc1c2c(Cl)cccc2nn1C. The first kappa shape index (κ1) is 9.49. The highest BCUT2D eigenvalue weighted by Gasteiger charge is 2.10. The summed E-state index contributed by atoms with van der Waals surface area (Å²) in [4.78, 5) is 0. The third-order valence-corrected chi connectivity index (χ3v) is 2.59. The summed E-state index contributed by atoms with van der Waals surface area (Å²) in [5.74, 6) is 0. The number of aromatic nitrogens is 2. The molecule has 14 heavy (non-hydrogen) atoms. The highest BCUT2D eigenvalue weighted by Crippen LogP contribution is 2.25. The quantitative estimate of drug-likeness (QED) is 0.820. The van der Waals surface area contributed by atoms with Gasteiger partial charge in [-0.25, -0.2) is 0 Å². The highest BCUT2D eigenvalue weighted by molar-refractivity contribution is 6.35. The monoisotopic (exact) mass is 209 g/mol. The summed E-state index contributed by atoms with van der Waals surface area (Å²) in [5.41, 5.74) is 2.07. The van der Waals surface area contributed by atoms with Crippen LogP contribution in [0.3, 0.4) is 0 Å². The summed E-state index contributed by atoms with van der Waals surface area (Å²) in [7, 11) is 3.85. The lowest BCUT2D eigenvalue weighted by atomic mass is 10.2. The molecule has 0 saturated heterocycles. The topological polar surface area (TPSA) is 29.9 Å². The zero-order valence-corrected chi connectivity index (χ0v) is 8.97. The Balaban J connectivity index is 2.73. The van der Waals surface area contributed by atoms with E-state index < -0.39 is 0 Å². The molecule has 0 spiro atoms. The van der Waals surface area contributed by atoms with Crippen LogP contribution in [0.1, 0.15) is 5.69 Å². The van der Waals surface area contributed by atoms with Crippen LogP contribution >= 0.6 is 11.6 Å². The van der Waals surface area contributed by atoms with E-state index in [9.17, 15) is 0 Å². The van der Waals surface area contributed by atoms with Crippen molar-refractivity contribution in [2.24, 2.45) is 7.05 Å². The maximum absolute atomic E-state index is 6.13. The number of fused-ring (bicyclic) bond motifs is 1. The molecular weight excluding hydrogens is 198 g/mol. The van der Waals surface area contributed by atoms with Crippen LogP contribution < -0.4 is 5.32 Å². The van der Waals surface area contributed by atoms with E-state index in [0.29, 0.717) is 0 Å². The van der Waals surface area contributed by atoms with Crippen molar-refractivity contribution in [1.82, 2.24) is 15.1 Å². The molecule has 0 aliphatic rings. The predicted octanol–water partition coefficient (Wildman–Crippen LogP) is 1.95. The van der Waals surface area contributed by atoms with Gasteiger partial charge in [0.15, 0.2) is 0 Å². The molecule has 1 heterocycles. The van der Waals surface area contributed by atoms with Gasteiger partial charge in [-0.15, -0.1) is 0 Å². The Labute approximate surface area is 87.7 Å². The minimum atomic E-state index is 0.765. The molecule has 0 aliphatic carbocycles. The summed E-state index contributed by atoms with van der Waals surface area (Å²) in [6, 6.07) is 5.78. The maximum Gasteiger partial charge on any atom is 0.0941 e. The largest absolute Gasteiger partial charge is 0.314 e. The van der Waals surface area contributed by atoms with Gasteiger partial charge in [0, 0.05) is 19.0 Å². The molecule has 0 radical (unpaired) electrons. The normalized spacial score (nSPS) is 11.1. The second kappa shape index (κ2) is 3.59. The predicted molar refractivity (Wildman–Crippen MR) is 58.5 cm³/mol. The average Bonchev–Trinajstić information content (AvgIpc) is 2.45. The molecule has 1 N–H and O–H groups in total. The number of halogens is 1. The summed E-state index contributed by atoms with van der Waals surface area (Å²) >= 11 is 6.13. The standard InChI is InChI=1S/C10H12ClN3/c1-12-6-9-10-7(11)4-3-5-8(10)13-14(9)2/h3-5,12H,6H2,1-2H3. The van der Waals surface area contributed by atoms with E-state index in [0.717, 1.165) is 28.2 Å². The lowest BCUT2D eigenvalue weighted by molar-refractivity contribution is 0.680. The number of benzene rings is 1. The van der Waals surface area contributed by atoms with Crippen LogP contribution in [-0.2, 0) is 13.6 Å². The number of rotatable bonds is 2. The molecule has 0 amide bonds. The summed E-state index contributed by atoms with van der Waals surface area (Å²) < 4.78 is 1.87. The molecule has 1 aromatic carbocycles. The Morgan fingerprint density at radius 3 is 3.00 bits per heavy atom. The van der Waals surface area contributed by atoms with Crippen LogP contribution in [0.5, 0.6) is 0 Å². The van der Waals surface area contributed by atoms with Gasteiger partial charge < -0.3 is 5.32 Å². The van der Waals surface area contributed by atoms with Crippen molar-refractivity contribution in [2.75, 3.05) is 7.05 Å². The maximum atomic E-state index is 6.13. The van der Waals surface area contributed by atoms with E-state index in [1.807, 2.05) is 37.0 Å². The molecule has 0 fully saturated rings. The molecule has 0 aliphatic heterocycles. The molecule has 3 nitrogen and oxygen atoms in total. The number of nitrogens with one attached hydrogen (secondary N) is 1. The van der Waals surface area contributed by atoms with Gasteiger partial charge in [0.25, 0.3) is 0 Å². The number of hydrogen-bond acceptors (Lipinski definition) is 2. The molecule has 0 saturated carbocycles. The fourth-order valence-corrected chi connectivity index (χ4v) is 1.91. The van der Waals surface area contributed by atoms with Crippen molar-refractivity contribution in [1.29, 1.82) is 0 Å². The number of nitrogens with zero attached hydrogens (tertiary/aromatic N) is 2. The lowest BCUT2D eigenvalue weighted by Gasteiger charge is -2.01. The molecule has 2 rings (SSSR count). The zero-order chi connectivity index (χ0) is 10.1. The molecule has 2 aromatic rings. The molecule has 1 aromatic heterocycles. The van der Waals surface area contributed by atoms with Gasteiger partial charge in [-0.05, 0) is 19.2 Å². The molecular formula is C10H12ClN3.